The molecule has 0 aliphatic heterocycles. The van der Waals surface area contributed by atoms with Crippen molar-refractivity contribution >= 4 is 29.1 Å². The van der Waals surface area contributed by atoms with Crippen LogP contribution in [0.2, 0.25) is 0 Å². The summed E-state index contributed by atoms with van der Waals surface area (Å²) in [6.07, 6.45) is 1.57. The Morgan fingerprint density at radius 3 is 2.34 bits per heavy atom. The Balaban J connectivity index is 1.84. The maximum Gasteiger partial charge on any atom is 0.339 e. The van der Waals surface area contributed by atoms with E-state index in [1.54, 1.807) is 42.6 Å². The van der Waals surface area contributed by atoms with Gasteiger partial charge in [0.1, 0.15) is 5.82 Å². The molecule has 3 aromatic rings. The minimum atomic E-state index is -0.511. The van der Waals surface area contributed by atoms with Crippen molar-refractivity contribution < 1.29 is 14.3 Å². The van der Waals surface area contributed by atoms with E-state index in [9.17, 15) is 9.59 Å². The maximum atomic E-state index is 12.7. The number of carbonyl (C=O) groups excluding carboxylic acids is 2. The highest BCUT2D eigenvalue weighted by atomic mass is 16.5. The maximum absolute atomic E-state index is 12.7. The molecule has 6 nitrogen and oxygen atoms in total. The lowest BCUT2D eigenvalue weighted by atomic mass is 10.1. The molecule has 1 aromatic heterocycles. The van der Waals surface area contributed by atoms with Gasteiger partial charge in [-0.2, -0.15) is 0 Å². The van der Waals surface area contributed by atoms with Gasteiger partial charge in [0.2, 0.25) is 0 Å². The Kier molecular flexibility index (Phi) is 5.93. The van der Waals surface area contributed by atoms with E-state index in [1.807, 2.05) is 13.8 Å². The molecule has 148 valence electrons. The molecule has 0 radical (unpaired) electrons. The second-order valence-corrected chi connectivity index (χ2v) is 6.82. The van der Waals surface area contributed by atoms with Crippen LogP contribution >= 0.6 is 0 Å². The molecular weight excluding hydrogens is 366 g/mol. The van der Waals surface area contributed by atoms with Crippen LogP contribution in [0.3, 0.4) is 0 Å². The molecule has 0 atom stereocenters. The zero-order valence-corrected chi connectivity index (χ0v) is 16.9. The van der Waals surface area contributed by atoms with Crippen molar-refractivity contribution in [1.82, 2.24) is 4.98 Å². The van der Waals surface area contributed by atoms with Crippen LogP contribution in [-0.2, 0) is 4.74 Å². The van der Waals surface area contributed by atoms with E-state index < -0.39 is 5.97 Å². The number of rotatable bonds is 5. The minimum Gasteiger partial charge on any atom is -0.465 e. The number of hydrogen-bond donors (Lipinski definition) is 2. The van der Waals surface area contributed by atoms with Crippen LogP contribution in [0.1, 0.15) is 37.4 Å². The molecule has 6 heteroatoms. The summed E-state index contributed by atoms with van der Waals surface area (Å²) in [7, 11) is 1.30. The SMILES string of the molecule is COC(=O)c1ccccc1NC(=O)c1ccnc(Nc2c(C)cc(C)cc2C)c1. The Bertz CT molecular complexity index is 1050. The third-order valence-corrected chi connectivity index (χ3v) is 4.53. The lowest BCUT2D eigenvalue weighted by molar-refractivity contribution is 0.0602. The van der Waals surface area contributed by atoms with Crippen molar-refractivity contribution in [3.63, 3.8) is 0 Å². The van der Waals surface area contributed by atoms with E-state index in [2.05, 4.69) is 34.7 Å². The van der Waals surface area contributed by atoms with Crippen LogP contribution in [-0.4, -0.2) is 24.0 Å². The normalized spacial score (nSPS) is 10.3. The molecule has 1 amide bonds. The van der Waals surface area contributed by atoms with Gasteiger partial charge in [-0.1, -0.05) is 29.8 Å². The lowest BCUT2D eigenvalue weighted by Crippen LogP contribution is -2.15. The summed E-state index contributed by atoms with van der Waals surface area (Å²) in [4.78, 5) is 29.0. The number of hydrogen-bond acceptors (Lipinski definition) is 5. The van der Waals surface area contributed by atoms with E-state index in [0.717, 1.165) is 16.8 Å². The zero-order chi connectivity index (χ0) is 21.0. The van der Waals surface area contributed by atoms with E-state index in [1.165, 1.54) is 12.7 Å². The summed E-state index contributed by atoms with van der Waals surface area (Å²) in [5, 5.41) is 6.07. The van der Waals surface area contributed by atoms with Crippen LogP contribution < -0.4 is 10.6 Å². The van der Waals surface area contributed by atoms with Crippen molar-refractivity contribution in [2.24, 2.45) is 0 Å². The number of methoxy groups -OCH3 is 1. The van der Waals surface area contributed by atoms with Crippen molar-refractivity contribution in [3.8, 4) is 0 Å². The zero-order valence-electron chi connectivity index (χ0n) is 16.9. The van der Waals surface area contributed by atoms with Crippen LogP contribution in [0.25, 0.3) is 0 Å². The van der Waals surface area contributed by atoms with Gasteiger partial charge >= 0.3 is 5.97 Å². The number of nitrogens with one attached hydrogen (secondary N) is 2. The number of esters is 1. The van der Waals surface area contributed by atoms with E-state index in [0.29, 0.717) is 22.6 Å². The summed E-state index contributed by atoms with van der Waals surface area (Å²) < 4.78 is 4.77. The highest BCUT2D eigenvalue weighted by Crippen LogP contribution is 2.25. The molecule has 0 bridgehead atoms. The highest BCUT2D eigenvalue weighted by Gasteiger charge is 2.15. The fraction of sp³-hybridized carbons (Fsp3) is 0.174. The molecule has 3 rings (SSSR count). The Morgan fingerprint density at radius 2 is 1.66 bits per heavy atom. The number of anilines is 3. The van der Waals surface area contributed by atoms with Crippen LogP contribution in [0.15, 0.2) is 54.7 Å². The first-order valence-corrected chi connectivity index (χ1v) is 9.18. The predicted molar refractivity (Wildman–Crippen MR) is 114 cm³/mol. The van der Waals surface area contributed by atoms with Crippen molar-refractivity contribution in [2.75, 3.05) is 17.7 Å². The lowest BCUT2D eigenvalue weighted by Gasteiger charge is -2.14. The minimum absolute atomic E-state index is 0.293. The van der Waals surface area contributed by atoms with E-state index in [4.69, 9.17) is 4.74 Å². The number of benzene rings is 2. The second-order valence-electron chi connectivity index (χ2n) is 6.82. The van der Waals surface area contributed by atoms with Gasteiger partial charge in [-0.3, -0.25) is 4.79 Å². The molecule has 0 aliphatic rings. The summed E-state index contributed by atoms with van der Waals surface area (Å²) in [5.41, 5.74) is 5.47. The quantitative estimate of drug-likeness (QED) is 0.613. The number of nitrogens with zero attached hydrogens (tertiary/aromatic N) is 1. The van der Waals surface area contributed by atoms with Gasteiger partial charge in [0.25, 0.3) is 5.91 Å². The molecule has 1 heterocycles. The third kappa shape index (κ3) is 4.60. The largest absolute Gasteiger partial charge is 0.465 e. The van der Waals surface area contributed by atoms with Gasteiger partial charge in [-0.15, -0.1) is 0 Å². The summed E-state index contributed by atoms with van der Waals surface area (Å²) in [5.74, 6) is -0.290. The molecule has 0 unspecified atom stereocenters. The van der Waals surface area contributed by atoms with E-state index >= 15 is 0 Å². The highest BCUT2D eigenvalue weighted by molar-refractivity contribution is 6.08. The number of aromatic nitrogens is 1. The summed E-state index contributed by atoms with van der Waals surface area (Å²) >= 11 is 0. The van der Waals surface area contributed by atoms with Gasteiger partial charge in [0.15, 0.2) is 0 Å². The van der Waals surface area contributed by atoms with Crippen molar-refractivity contribution in [1.29, 1.82) is 0 Å². The predicted octanol–water partition coefficient (Wildman–Crippen LogP) is 4.79. The van der Waals surface area contributed by atoms with Gasteiger partial charge in [0, 0.05) is 17.4 Å². The number of carbonyl (C=O) groups is 2. The number of aryl methyl sites for hydroxylation is 3. The first-order chi connectivity index (χ1) is 13.9. The number of amides is 1. The number of para-hydroxylation sites is 1. The summed E-state index contributed by atoms with van der Waals surface area (Å²) in [6, 6.07) is 14.2. The third-order valence-electron chi connectivity index (χ3n) is 4.53. The second kappa shape index (κ2) is 8.56. The van der Waals surface area contributed by atoms with E-state index in [-0.39, 0.29) is 5.91 Å². The average molecular weight is 389 g/mol. The van der Waals surface area contributed by atoms with Crippen molar-refractivity contribution in [3.05, 3.63) is 82.5 Å². The van der Waals surface area contributed by atoms with Gasteiger partial charge < -0.3 is 15.4 Å². The van der Waals surface area contributed by atoms with Crippen LogP contribution in [0.4, 0.5) is 17.2 Å². The molecular formula is C23H23N3O3. The number of pyridine rings is 1. The molecule has 2 N–H and O–H groups in total. The smallest absolute Gasteiger partial charge is 0.339 e. The van der Waals surface area contributed by atoms with Gasteiger partial charge in [-0.05, 0) is 56.2 Å². The summed E-state index contributed by atoms with van der Waals surface area (Å²) in [6.45, 7) is 6.12. The molecule has 29 heavy (non-hydrogen) atoms. The molecule has 0 aliphatic carbocycles. The molecule has 0 fully saturated rings. The molecule has 0 spiro atoms. The standard InChI is InChI=1S/C23H23N3O3/c1-14-11-15(2)21(16(3)12-14)26-20-13-17(9-10-24-20)22(27)25-19-8-6-5-7-18(19)23(28)29-4/h5-13H,1-4H3,(H,24,26)(H,25,27). The average Bonchev–Trinajstić information content (AvgIpc) is 2.70. The van der Waals surface area contributed by atoms with Gasteiger partial charge in [-0.25, -0.2) is 9.78 Å². The topological polar surface area (TPSA) is 80.3 Å². The fourth-order valence-electron chi connectivity index (χ4n) is 3.22. The first-order valence-electron chi connectivity index (χ1n) is 9.18. The van der Waals surface area contributed by atoms with Crippen molar-refractivity contribution in [2.45, 2.75) is 20.8 Å². The monoisotopic (exact) mass is 389 g/mol. The Labute approximate surface area is 169 Å². The first kappa shape index (κ1) is 20.1. The molecule has 0 saturated heterocycles. The number of ether oxygens (including phenoxy) is 1. The molecule has 0 saturated carbocycles. The fourth-order valence-corrected chi connectivity index (χ4v) is 3.22. The van der Waals surface area contributed by atoms with Crippen LogP contribution in [0, 0.1) is 20.8 Å². The Hall–Kier alpha value is -3.67. The van der Waals surface area contributed by atoms with Gasteiger partial charge in [0.05, 0.1) is 18.4 Å². The molecule has 2 aromatic carbocycles. The Morgan fingerprint density at radius 1 is 0.966 bits per heavy atom. The van der Waals surface area contributed by atoms with Crippen LogP contribution in [0.5, 0.6) is 0 Å².